The summed E-state index contributed by atoms with van der Waals surface area (Å²) < 4.78 is 0. The Kier molecular flexibility index (Phi) is 12.6. The van der Waals surface area contributed by atoms with Gasteiger partial charge >= 0.3 is 0 Å². The molecule has 0 N–H and O–H groups in total. The van der Waals surface area contributed by atoms with Crippen LogP contribution in [0.15, 0.2) is 0 Å². The van der Waals surface area contributed by atoms with E-state index in [0.717, 1.165) is 65.1 Å². The maximum absolute atomic E-state index is 2.81. The van der Waals surface area contributed by atoms with Crippen LogP contribution in [0.4, 0.5) is 0 Å². The highest BCUT2D eigenvalue weighted by atomic mass is 14.6. The number of rotatable bonds is 11. The first kappa shape index (κ1) is 33.9. The third-order valence-electron chi connectivity index (χ3n) is 16.4. The minimum atomic E-state index is 0.570. The molecule has 0 aromatic heterocycles. The van der Waals surface area contributed by atoms with Crippen molar-refractivity contribution < 1.29 is 0 Å². The van der Waals surface area contributed by atoms with Crippen LogP contribution in [0.2, 0.25) is 0 Å². The van der Waals surface area contributed by atoms with Gasteiger partial charge < -0.3 is 0 Å². The zero-order chi connectivity index (χ0) is 30.4. The molecule has 7 unspecified atom stereocenters. The molecule has 6 aliphatic rings. The molecule has 254 valence electrons. The van der Waals surface area contributed by atoms with E-state index in [1.165, 1.54) is 77.0 Å². The van der Waals surface area contributed by atoms with Gasteiger partial charge in [0, 0.05) is 0 Å². The van der Waals surface area contributed by atoms with Crippen LogP contribution in [-0.2, 0) is 0 Å². The van der Waals surface area contributed by atoms with Crippen LogP contribution in [0.1, 0.15) is 207 Å². The predicted molar refractivity (Wildman–Crippen MR) is 192 cm³/mol. The Morgan fingerprint density at radius 1 is 0.432 bits per heavy atom. The van der Waals surface area contributed by atoms with Crippen LogP contribution in [-0.4, -0.2) is 0 Å². The Morgan fingerprint density at radius 3 is 1.45 bits per heavy atom. The molecule has 0 heteroatoms. The molecule has 6 saturated carbocycles. The average molecular weight is 607 g/mol. The number of hydrogen-bond acceptors (Lipinski definition) is 0. The van der Waals surface area contributed by atoms with Gasteiger partial charge in [0.25, 0.3) is 0 Å². The van der Waals surface area contributed by atoms with Gasteiger partial charge in [0.2, 0.25) is 0 Å². The van der Waals surface area contributed by atoms with Crippen molar-refractivity contribution in [2.75, 3.05) is 0 Å². The third-order valence-corrected chi connectivity index (χ3v) is 16.4. The first-order valence-corrected chi connectivity index (χ1v) is 21.5. The number of fused-ring (bicyclic) bond motifs is 1. The minimum absolute atomic E-state index is 0.570. The highest BCUT2D eigenvalue weighted by molar-refractivity contribution is 5.00. The van der Waals surface area contributed by atoms with E-state index >= 15 is 0 Å². The molecule has 6 aliphatic carbocycles. The Morgan fingerprint density at radius 2 is 0.886 bits per heavy atom. The summed E-state index contributed by atoms with van der Waals surface area (Å²) in [6, 6.07) is 0. The van der Waals surface area contributed by atoms with E-state index in [0.29, 0.717) is 5.41 Å². The van der Waals surface area contributed by atoms with Crippen molar-refractivity contribution in [3.63, 3.8) is 0 Å². The summed E-state index contributed by atoms with van der Waals surface area (Å²) in [5, 5.41) is 0. The molecule has 0 aliphatic heterocycles. The molecule has 0 aromatic carbocycles. The molecule has 0 nitrogen and oxygen atoms in total. The zero-order valence-corrected chi connectivity index (χ0v) is 30.4. The summed E-state index contributed by atoms with van der Waals surface area (Å²) >= 11 is 0. The lowest BCUT2D eigenvalue weighted by Gasteiger charge is -2.56. The Labute approximate surface area is 276 Å². The van der Waals surface area contributed by atoms with E-state index in [4.69, 9.17) is 0 Å². The second kappa shape index (κ2) is 16.4. The van der Waals surface area contributed by atoms with Crippen molar-refractivity contribution in [3.05, 3.63) is 0 Å². The Bertz CT molecular complexity index is 800. The fraction of sp³-hybridized carbons (Fsp3) is 1.00. The smallest absolute Gasteiger partial charge is 0.0292 e. The summed E-state index contributed by atoms with van der Waals surface area (Å²) in [7, 11) is 0. The molecule has 0 amide bonds. The van der Waals surface area contributed by atoms with Crippen LogP contribution in [0.5, 0.6) is 0 Å². The molecule has 7 atom stereocenters. The van der Waals surface area contributed by atoms with Crippen LogP contribution < -0.4 is 0 Å². The predicted octanol–water partition coefficient (Wildman–Crippen LogP) is 14.2. The van der Waals surface area contributed by atoms with E-state index in [2.05, 4.69) is 20.8 Å². The van der Waals surface area contributed by atoms with Gasteiger partial charge in [0.05, 0.1) is 0 Å². The van der Waals surface area contributed by atoms with Crippen molar-refractivity contribution in [2.45, 2.75) is 207 Å². The standard InChI is InChI=1S/C44H78/c1-33(34-18-8-4-9-19-34)30-39(35-20-10-5-11-21-35)31-40(36-22-12-6-13-23-36)32-41(37-24-14-7-15-25-37)43-29-28-38-26-16-17-27-42(38)44(43,2)3/h33-43H,4-32H2,1-3H3. The quantitative estimate of drug-likeness (QED) is 0.219. The molecule has 0 aromatic rings. The van der Waals surface area contributed by atoms with Crippen molar-refractivity contribution in [3.8, 4) is 0 Å². The average Bonchev–Trinajstić information content (AvgIpc) is 3.08. The van der Waals surface area contributed by atoms with E-state index in [9.17, 15) is 0 Å². The van der Waals surface area contributed by atoms with E-state index < -0.39 is 0 Å². The highest BCUT2D eigenvalue weighted by Gasteiger charge is 2.50. The molecule has 0 radical (unpaired) electrons. The first-order chi connectivity index (χ1) is 21.5. The normalized spacial score (nSPS) is 34.6. The van der Waals surface area contributed by atoms with Gasteiger partial charge in [-0.1, -0.05) is 168 Å². The summed E-state index contributed by atoms with van der Waals surface area (Å²) in [6.07, 6.45) is 45.1. The van der Waals surface area contributed by atoms with Gasteiger partial charge in [-0.3, -0.25) is 0 Å². The third kappa shape index (κ3) is 8.34. The summed E-state index contributed by atoms with van der Waals surface area (Å²) in [4.78, 5) is 0. The molecule has 6 rings (SSSR count). The second-order valence-electron chi connectivity index (χ2n) is 19.1. The van der Waals surface area contributed by atoms with Gasteiger partial charge in [-0.25, -0.2) is 0 Å². The topological polar surface area (TPSA) is 0 Å². The number of hydrogen-bond donors (Lipinski definition) is 0. The lowest BCUT2D eigenvalue weighted by atomic mass is 9.49. The highest BCUT2D eigenvalue weighted by Crippen LogP contribution is 2.59. The summed E-state index contributed by atoms with van der Waals surface area (Å²) in [5.74, 6) is 11.4. The van der Waals surface area contributed by atoms with Crippen LogP contribution in [0.3, 0.4) is 0 Å². The van der Waals surface area contributed by atoms with Gasteiger partial charge in [-0.15, -0.1) is 0 Å². The van der Waals surface area contributed by atoms with Crippen molar-refractivity contribution in [2.24, 2.45) is 70.5 Å². The van der Waals surface area contributed by atoms with Gasteiger partial charge in [0.1, 0.15) is 0 Å². The SMILES string of the molecule is CC(CC(CC(CC(C1CCCCC1)C1CCC2CCCCC2C1(C)C)C1CCCCC1)C1CCCCC1)C1CCCCC1. The summed E-state index contributed by atoms with van der Waals surface area (Å²) in [5.41, 5.74) is 0.570. The molecule has 0 bridgehead atoms. The van der Waals surface area contributed by atoms with E-state index in [1.54, 1.807) is 109 Å². The van der Waals surface area contributed by atoms with Gasteiger partial charge in [0.15, 0.2) is 0 Å². The largest absolute Gasteiger partial charge is 0.0622 e. The lowest BCUT2D eigenvalue weighted by molar-refractivity contribution is -0.0646. The maximum Gasteiger partial charge on any atom is -0.0292 e. The fourth-order valence-electron chi connectivity index (χ4n) is 13.9. The molecular formula is C44H78. The molecule has 0 heterocycles. The van der Waals surface area contributed by atoms with Crippen LogP contribution in [0, 0.1) is 70.5 Å². The maximum atomic E-state index is 2.81. The Balaban J connectivity index is 1.25. The van der Waals surface area contributed by atoms with Gasteiger partial charge in [-0.2, -0.15) is 0 Å². The van der Waals surface area contributed by atoms with Crippen molar-refractivity contribution >= 4 is 0 Å². The molecular weight excluding hydrogens is 528 g/mol. The summed E-state index contributed by atoms with van der Waals surface area (Å²) in [6.45, 7) is 8.33. The van der Waals surface area contributed by atoms with E-state index in [1.807, 2.05) is 0 Å². The molecule has 44 heavy (non-hydrogen) atoms. The fourth-order valence-corrected chi connectivity index (χ4v) is 13.9. The van der Waals surface area contributed by atoms with E-state index in [-0.39, 0.29) is 0 Å². The van der Waals surface area contributed by atoms with Crippen molar-refractivity contribution in [1.82, 2.24) is 0 Å². The molecule has 6 fully saturated rings. The monoisotopic (exact) mass is 607 g/mol. The first-order valence-electron chi connectivity index (χ1n) is 21.5. The molecule has 0 saturated heterocycles. The van der Waals surface area contributed by atoms with Crippen LogP contribution in [0.25, 0.3) is 0 Å². The Hall–Kier alpha value is 0. The second-order valence-corrected chi connectivity index (χ2v) is 19.1. The van der Waals surface area contributed by atoms with Crippen LogP contribution >= 0.6 is 0 Å². The lowest BCUT2D eigenvalue weighted by Crippen LogP contribution is -2.48. The zero-order valence-electron chi connectivity index (χ0n) is 30.4. The minimum Gasteiger partial charge on any atom is -0.0622 e. The van der Waals surface area contributed by atoms with Gasteiger partial charge in [-0.05, 0) is 109 Å². The molecule has 0 spiro atoms. The van der Waals surface area contributed by atoms with Crippen molar-refractivity contribution in [1.29, 1.82) is 0 Å².